The minimum absolute atomic E-state index is 0.403. The number of nitrogens with zero attached hydrogens (tertiary/aromatic N) is 1. The Bertz CT molecular complexity index is 206. The minimum Gasteiger partial charge on any atom is -0.378 e. The van der Waals surface area contributed by atoms with Gasteiger partial charge in [0.25, 0.3) is 0 Å². The van der Waals surface area contributed by atoms with Crippen LogP contribution in [-0.2, 0) is 4.74 Å². The summed E-state index contributed by atoms with van der Waals surface area (Å²) >= 11 is 0. The molecule has 2 saturated heterocycles. The topological polar surface area (TPSA) is 38.5 Å². The van der Waals surface area contributed by atoms with Crippen LogP contribution < -0.4 is 5.73 Å². The standard InChI is InChI=1S/C13H26N2O/c1-13(11-14)5-8-15(9-6-13)7-4-12-3-2-10-16-12/h12H,2-11,14H2,1H3. The van der Waals surface area contributed by atoms with Gasteiger partial charge in [0.15, 0.2) is 0 Å². The summed E-state index contributed by atoms with van der Waals surface area (Å²) < 4.78 is 5.66. The maximum atomic E-state index is 5.82. The van der Waals surface area contributed by atoms with E-state index in [2.05, 4.69) is 11.8 Å². The van der Waals surface area contributed by atoms with Crippen LogP contribution in [0.25, 0.3) is 0 Å². The molecule has 94 valence electrons. The van der Waals surface area contributed by atoms with E-state index >= 15 is 0 Å². The quantitative estimate of drug-likeness (QED) is 0.791. The lowest BCUT2D eigenvalue weighted by molar-refractivity contribution is 0.0746. The van der Waals surface area contributed by atoms with Gasteiger partial charge in [0.1, 0.15) is 0 Å². The van der Waals surface area contributed by atoms with E-state index in [1.807, 2.05) is 0 Å². The molecule has 0 spiro atoms. The molecular weight excluding hydrogens is 200 g/mol. The maximum Gasteiger partial charge on any atom is 0.0588 e. The highest BCUT2D eigenvalue weighted by Gasteiger charge is 2.28. The Labute approximate surface area is 99.3 Å². The summed E-state index contributed by atoms with van der Waals surface area (Å²) in [5, 5.41) is 0. The molecule has 0 bridgehead atoms. The van der Waals surface area contributed by atoms with Crippen LogP contribution in [-0.4, -0.2) is 43.8 Å². The Kier molecular flexibility index (Phi) is 4.22. The molecule has 3 nitrogen and oxygen atoms in total. The first-order valence-corrected chi connectivity index (χ1v) is 6.76. The number of nitrogens with two attached hydrogens (primary N) is 1. The lowest BCUT2D eigenvalue weighted by atomic mass is 9.80. The Morgan fingerprint density at radius 1 is 1.38 bits per heavy atom. The van der Waals surface area contributed by atoms with Crippen LogP contribution in [0.3, 0.4) is 0 Å². The molecule has 0 aromatic rings. The number of piperidine rings is 1. The van der Waals surface area contributed by atoms with E-state index in [0.717, 1.165) is 13.2 Å². The molecule has 3 heteroatoms. The molecule has 0 amide bonds. The van der Waals surface area contributed by atoms with E-state index < -0.39 is 0 Å². The summed E-state index contributed by atoms with van der Waals surface area (Å²) in [6.07, 6.45) is 6.82. The third-order valence-corrected chi connectivity index (χ3v) is 4.35. The van der Waals surface area contributed by atoms with Crippen molar-refractivity contribution in [2.24, 2.45) is 11.1 Å². The van der Waals surface area contributed by atoms with Gasteiger partial charge in [-0.3, -0.25) is 0 Å². The van der Waals surface area contributed by atoms with Gasteiger partial charge in [0.05, 0.1) is 6.10 Å². The van der Waals surface area contributed by atoms with Crippen molar-refractivity contribution < 1.29 is 4.74 Å². The predicted molar refractivity (Wildman–Crippen MR) is 66.4 cm³/mol. The van der Waals surface area contributed by atoms with Gasteiger partial charge in [0, 0.05) is 13.2 Å². The smallest absolute Gasteiger partial charge is 0.0588 e. The van der Waals surface area contributed by atoms with Crippen molar-refractivity contribution in [1.29, 1.82) is 0 Å². The SMILES string of the molecule is CC1(CN)CCN(CCC2CCCO2)CC1. The third-order valence-electron chi connectivity index (χ3n) is 4.35. The number of rotatable bonds is 4. The molecule has 2 rings (SSSR count). The van der Waals surface area contributed by atoms with Gasteiger partial charge in [-0.2, -0.15) is 0 Å². The largest absolute Gasteiger partial charge is 0.378 e. The number of hydrogen-bond acceptors (Lipinski definition) is 3. The van der Waals surface area contributed by atoms with Gasteiger partial charge in [-0.25, -0.2) is 0 Å². The second-order valence-electron chi connectivity index (χ2n) is 5.78. The highest BCUT2D eigenvalue weighted by Crippen LogP contribution is 2.29. The van der Waals surface area contributed by atoms with Gasteiger partial charge in [-0.05, 0) is 57.2 Å². The zero-order valence-corrected chi connectivity index (χ0v) is 10.6. The second-order valence-corrected chi connectivity index (χ2v) is 5.78. The molecule has 0 aromatic carbocycles. The summed E-state index contributed by atoms with van der Waals surface area (Å²) in [6, 6.07) is 0. The lowest BCUT2D eigenvalue weighted by Gasteiger charge is -2.38. The molecular formula is C13H26N2O. The molecule has 2 aliphatic rings. The Hall–Kier alpha value is -0.120. The zero-order valence-electron chi connectivity index (χ0n) is 10.6. The van der Waals surface area contributed by atoms with E-state index in [4.69, 9.17) is 10.5 Å². The van der Waals surface area contributed by atoms with Gasteiger partial charge in [-0.15, -0.1) is 0 Å². The van der Waals surface area contributed by atoms with Crippen molar-refractivity contribution in [2.45, 2.75) is 45.1 Å². The summed E-state index contributed by atoms with van der Waals surface area (Å²) in [5.74, 6) is 0. The maximum absolute atomic E-state index is 5.82. The highest BCUT2D eigenvalue weighted by molar-refractivity contribution is 4.83. The van der Waals surface area contributed by atoms with Gasteiger partial charge >= 0.3 is 0 Å². The molecule has 1 unspecified atom stereocenters. The zero-order chi connectivity index (χ0) is 11.4. The third kappa shape index (κ3) is 3.19. The lowest BCUT2D eigenvalue weighted by Crippen LogP contribution is -2.42. The van der Waals surface area contributed by atoms with E-state index in [1.165, 1.54) is 51.7 Å². The molecule has 0 saturated carbocycles. The van der Waals surface area contributed by atoms with Crippen molar-refractivity contribution in [3.05, 3.63) is 0 Å². The molecule has 2 heterocycles. The van der Waals surface area contributed by atoms with Crippen molar-refractivity contribution in [1.82, 2.24) is 4.90 Å². The van der Waals surface area contributed by atoms with Crippen LogP contribution >= 0.6 is 0 Å². The number of ether oxygens (including phenoxy) is 1. The Balaban J connectivity index is 1.65. The molecule has 0 aliphatic carbocycles. The van der Waals surface area contributed by atoms with Crippen LogP contribution in [0.1, 0.15) is 39.0 Å². The van der Waals surface area contributed by atoms with Crippen LogP contribution in [0, 0.1) is 5.41 Å². The number of hydrogen-bond donors (Lipinski definition) is 1. The van der Waals surface area contributed by atoms with Crippen molar-refractivity contribution in [3.63, 3.8) is 0 Å². The fourth-order valence-corrected chi connectivity index (χ4v) is 2.72. The van der Waals surface area contributed by atoms with Crippen molar-refractivity contribution in [3.8, 4) is 0 Å². The molecule has 1 atom stereocenters. The average molecular weight is 226 g/mol. The fraction of sp³-hybridized carbons (Fsp3) is 1.00. The van der Waals surface area contributed by atoms with E-state index in [0.29, 0.717) is 11.5 Å². The van der Waals surface area contributed by atoms with E-state index in [-0.39, 0.29) is 0 Å². The van der Waals surface area contributed by atoms with Crippen LogP contribution in [0.15, 0.2) is 0 Å². The van der Waals surface area contributed by atoms with E-state index in [1.54, 1.807) is 0 Å². The van der Waals surface area contributed by atoms with Crippen molar-refractivity contribution in [2.75, 3.05) is 32.8 Å². The van der Waals surface area contributed by atoms with Crippen LogP contribution in [0.5, 0.6) is 0 Å². The number of likely N-dealkylation sites (tertiary alicyclic amines) is 1. The van der Waals surface area contributed by atoms with E-state index in [9.17, 15) is 0 Å². The Morgan fingerprint density at radius 2 is 2.12 bits per heavy atom. The summed E-state index contributed by atoms with van der Waals surface area (Å²) in [4.78, 5) is 2.58. The van der Waals surface area contributed by atoms with Crippen LogP contribution in [0.2, 0.25) is 0 Å². The summed E-state index contributed by atoms with van der Waals surface area (Å²) in [6.45, 7) is 7.80. The van der Waals surface area contributed by atoms with Gasteiger partial charge in [0.2, 0.25) is 0 Å². The predicted octanol–water partition coefficient (Wildman–Crippen LogP) is 1.62. The van der Waals surface area contributed by atoms with Gasteiger partial charge < -0.3 is 15.4 Å². The molecule has 2 N–H and O–H groups in total. The minimum atomic E-state index is 0.403. The first-order chi connectivity index (χ1) is 7.72. The fourth-order valence-electron chi connectivity index (χ4n) is 2.72. The highest BCUT2D eigenvalue weighted by atomic mass is 16.5. The summed E-state index contributed by atoms with van der Waals surface area (Å²) in [5.41, 5.74) is 6.22. The molecule has 0 aromatic heterocycles. The first kappa shape index (κ1) is 12.3. The monoisotopic (exact) mass is 226 g/mol. The first-order valence-electron chi connectivity index (χ1n) is 6.76. The second kappa shape index (κ2) is 5.48. The average Bonchev–Trinajstić information content (AvgIpc) is 2.81. The van der Waals surface area contributed by atoms with Crippen LogP contribution in [0.4, 0.5) is 0 Å². The molecule has 0 radical (unpaired) electrons. The molecule has 2 fully saturated rings. The molecule has 2 aliphatic heterocycles. The van der Waals surface area contributed by atoms with Gasteiger partial charge in [-0.1, -0.05) is 6.92 Å². The normalized spacial score (nSPS) is 30.8. The Morgan fingerprint density at radius 3 is 2.69 bits per heavy atom. The summed E-state index contributed by atoms with van der Waals surface area (Å²) in [7, 11) is 0. The molecule has 16 heavy (non-hydrogen) atoms. The van der Waals surface area contributed by atoms with Crippen molar-refractivity contribution >= 4 is 0 Å².